The standard InChI is InChI=1S/C11H16N2O3S/c12-9-11(14)13-7-4-8-17(15,16)10-5-2-1-3-6-10/h1-3,5-6H,4,7-9,12H2,(H,13,14). The highest BCUT2D eigenvalue weighted by Crippen LogP contribution is 2.10. The van der Waals surface area contributed by atoms with E-state index in [0.29, 0.717) is 17.9 Å². The molecule has 0 radical (unpaired) electrons. The highest BCUT2D eigenvalue weighted by Gasteiger charge is 2.12. The van der Waals surface area contributed by atoms with Crippen molar-refractivity contribution < 1.29 is 13.2 Å². The molecule has 1 aromatic rings. The summed E-state index contributed by atoms with van der Waals surface area (Å²) in [6.07, 6.45) is 0.378. The van der Waals surface area contributed by atoms with Crippen molar-refractivity contribution >= 4 is 15.7 Å². The molecule has 0 bridgehead atoms. The number of amides is 1. The molecule has 0 saturated carbocycles. The molecule has 17 heavy (non-hydrogen) atoms. The van der Waals surface area contributed by atoms with Gasteiger partial charge in [0.05, 0.1) is 17.2 Å². The van der Waals surface area contributed by atoms with Crippen LogP contribution >= 0.6 is 0 Å². The fraction of sp³-hybridized carbons (Fsp3) is 0.364. The number of carbonyl (C=O) groups excluding carboxylic acids is 1. The fourth-order valence-electron chi connectivity index (χ4n) is 1.31. The Morgan fingerprint density at radius 3 is 2.47 bits per heavy atom. The van der Waals surface area contributed by atoms with Gasteiger partial charge in [-0.15, -0.1) is 0 Å². The van der Waals surface area contributed by atoms with E-state index in [2.05, 4.69) is 5.32 Å². The van der Waals surface area contributed by atoms with Gasteiger partial charge in [-0.1, -0.05) is 18.2 Å². The molecular weight excluding hydrogens is 240 g/mol. The van der Waals surface area contributed by atoms with Crippen LogP contribution < -0.4 is 11.1 Å². The number of hydrogen-bond donors (Lipinski definition) is 2. The van der Waals surface area contributed by atoms with E-state index in [4.69, 9.17) is 5.73 Å². The van der Waals surface area contributed by atoms with Gasteiger partial charge in [0.2, 0.25) is 5.91 Å². The van der Waals surface area contributed by atoms with Crippen molar-refractivity contribution in [2.75, 3.05) is 18.8 Å². The smallest absolute Gasteiger partial charge is 0.233 e. The topological polar surface area (TPSA) is 89.3 Å². The van der Waals surface area contributed by atoms with Crippen LogP contribution in [-0.4, -0.2) is 33.2 Å². The van der Waals surface area contributed by atoms with Crippen molar-refractivity contribution in [1.82, 2.24) is 5.32 Å². The van der Waals surface area contributed by atoms with Gasteiger partial charge in [-0.25, -0.2) is 8.42 Å². The lowest BCUT2D eigenvalue weighted by Gasteiger charge is -2.05. The largest absolute Gasteiger partial charge is 0.355 e. The van der Waals surface area contributed by atoms with Crippen molar-refractivity contribution in [3.05, 3.63) is 30.3 Å². The molecule has 0 fully saturated rings. The number of rotatable bonds is 6. The highest BCUT2D eigenvalue weighted by molar-refractivity contribution is 7.91. The summed E-state index contributed by atoms with van der Waals surface area (Å²) in [6.45, 7) is 0.244. The van der Waals surface area contributed by atoms with Gasteiger partial charge in [0, 0.05) is 6.54 Å². The third-order valence-electron chi connectivity index (χ3n) is 2.20. The average Bonchev–Trinajstić information content (AvgIpc) is 2.35. The summed E-state index contributed by atoms with van der Waals surface area (Å²) in [5.41, 5.74) is 5.10. The molecule has 0 heterocycles. The monoisotopic (exact) mass is 256 g/mol. The normalized spacial score (nSPS) is 11.1. The molecule has 0 spiro atoms. The van der Waals surface area contributed by atoms with Gasteiger partial charge < -0.3 is 11.1 Å². The molecule has 0 aliphatic rings. The third-order valence-corrected chi connectivity index (χ3v) is 4.02. The van der Waals surface area contributed by atoms with E-state index >= 15 is 0 Å². The average molecular weight is 256 g/mol. The second-order valence-corrected chi connectivity index (χ2v) is 5.65. The van der Waals surface area contributed by atoms with Gasteiger partial charge in [0.1, 0.15) is 0 Å². The Morgan fingerprint density at radius 1 is 1.24 bits per heavy atom. The molecular formula is C11H16N2O3S. The Hall–Kier alpha value is -1.40. The maximum Gasteiger partial charge on any atom is 0.233 e. The van der Waals surface area contributed by atoms with Gasteiger partial charge in [-0.05, 0) is 18.6 Å². The number of benzene rings is 1. The molecule has 0 saturated heterocycles. The summed E-state index contributed by atoms with van der Waals surface area (Å²) in [5.74, 6) is -0.260. The van der Waals surface area contributed by atoms with Crippen LogP contribution in [0.15, 0.2) is 35.2 Å². The van der Waals surface area contributed by atoms with Crippen LogP contribution in [0.4, 0.5) is 0 Å². The van der Waals surface area contributed by atoms with Crippen molar-refractivity contribution in [3.63, 3.8) is 0 Å². The van der Waals surface area contributed by atoms with E-state index in [9.17, 15) is 13.2 Å². The lowest BCUT2D eigenvalue weighted by Crippen LogP contribution is -2.31. The summed E-state index contributed by atoms with van der Waals surface area (Å²) < 4.78 is 23.6. The van der Waals surface area contributed by atoms with Crippen molar-refractivity contribution in [3.8, 4) is 0 Å². The molecule has 1 amide bonds. The minimum absolute atomic E-state index is 0.0157. The number of hydrogen-bond acceptors (Lipinski definition) is 4. The zero-order valence-corrected chi connectivity index (χ0v) is 10.2. The minimum atomic E-state index is -3.25. The van der Waals surface area contributed by atoms with Crippen LogP contribution in [0.25, 0.3) is 0 Å². The summed E-state index contributed by atoms with van der Waals surface area (Å²) in [5, 5.41) is 2.53. The first kappa shape index (κ1) is 13.7. The predicted octanol–water partition coefficient (Wildman–Crippen LogP) is -0.0747. The van der Waals surface area contributed by atoms with Gasteiger partial charge in [-0.3, -0.25) is 4.79 Å². The molecule has 1 aromatic carbocycles. The van der Waals surface area contributed by atoms with Crippen LogP contribution in [0.3, 0.4) is 0 Å². The molecule has 1 rings (SSSR count). The first-order chi connectivity index (χ1) is 8.06. The Labute approximate surface area is 101 Å². The van der Waals surface area contributed by atoms with Crippen LogP contribution in [0.2, 0.25) is 0 Å². The summed E-state index contributed by atoms with van der Waals surface area (Å²) in [7, 11) is -3.25. The van der Waals surface area contributed by atoms with E-state index in [1.807, 2.05) is 0 Å². The zero-order valence-electron chi connectivity index (χ0n) is 9.43. The summed E-state index contributed by atoms with van der Waals surface area (Å²) in [6, 6.07) is 8.26. The SMILES string of the molecule is NCC(=O)NCCCS(=O)(=O)c1ccccc1. The van der Waals surface area contributed by atoms with E-state index < -0.39 is 9.84 Å². The Bertz CT molecular complexity index is 457. The second kappa shape index (κ2) is 6.36. The van der Waals surface area contributed by atoms with Crippen LogP contribution in [-0.2, 0) is 14.6 Å². The zero-order chi connectivity index (χ0) is 12.7. The van der Waals surface area contributed by atoms with Crippen LogP contribution in [0, 0.1) is 0 Å². The number of nitrogens with one attached hydrogen (secondary N) is 1. The van der Waals surface area contributed by atoms with Crippen LogP contribution in [0.5, 0.6) is 0 Å². The van der Waals surface area contributed by atoms with E-state index in [0.717, 1.165) is 0 Å². The molecule has 0 atom stereocenters. The molecule has 94 valence electrons. The molecule has 6 heteroatoms. The van der Waals surface area contributed by atoms with Crippen molar-refractivity contribution in [1.29, 1.82) is 0 Å². The summed E-state index contributed by atoms with van der Waals surface area (Å²) >= 11 is 0. The number of sulfone groups is 1. The Kier molecular flexibility index (Phi) is 5.11. The molecule has 0 aliphatic carbocycles. The first-order valence-corrected chi connectivity index (χ1v) is 6.96. The molecule has 0 aliphatic heterocycles. The Morgan fingerprint density at radius 2 is 1.88 bits per heavy atom. The molecule has 0 aromatic heterocycles. The number of carbonyl (C=O) groups is 1. The van der Waals surface area contributed by atoms with Gasteiger partial charge in [-0.2, -0.15) is 0 Å². The fourth-order valence-corrected chi connectivity index (χ4v) is 2.64. The number of nitrogens with two attached hydrogens (primary N) is 1. The molecule has 3 N–H and O–H groups in total. The molecule has 0 unspecified atom stereocenters. The maximum absolute atomic E-state index is 11.8. The van der Waals surface area contributed by atoms with Crippen LogP contribution in [0.1, 0.15) is 6.42 Å². The third kappa shape index (κ3) is 4.54. The van der Waals surface area contributed by atoms with Gasteiger partial charge in [0.25, 0.3) is 0 Å². The molecule has 5 nitrogen and oxygen atoms in total. The maximum atomic E-state index is 11.8. The van der Waals surface area contributed by atoms with Gasteiger partial charge >= 0.3 is 0 Å². The van der Waals surface area contributed by atoms with E-state index in [-0.39, 0.29) is 18.2 Å². The second-order valence-electron chi connectivity index (χ2n) is 3.54. The quantitative estimate of drug-likeness (QED) is 0.697. The van der Waals surface area contributed by atoms with E-state index in [1.54, 1.807) is 30.3 Å². The van der Waals surface area contributed by atoms with E-state index in [1.165, 1.54) is 0 Å². The van der Waals surface area contributed by atoms with Gasteiger partial charge in [0.15, 0.2) is 9.84 Å². The Balaban J connectivity index is 2.44. The van der Waals surface area contributed by atoms with Crippen molar-refractivity contribution in [2.45, 2.75) is 11.3 Å². The highest BCUT2D eigenvalue weighted by atomic mass is 32.2. The minimum Gasteiger partial charge on any atom is -0.355 e. The lowest BCUT2D eigenvalue weighted by atomic mass is 10.4. The predicted molar refractivity (Wildman–Crippen MR) is 65.2 cm³/mol. The lowest BCUT2D eigenvalue weighted by molar-refractivity contribution is -0.119. The first-order valence-electron chi connectivity index (χ1n) is 5.31. The van der Waals surface area contributed by atoms with Crippen molar-refractivity contribution in [2.24, 2.45) is 5.73 Å². The summed E-state index contributed by atoms with van der Waals surface area (Å²) in [4.78, 5) is 11.1.